The van der Waals surface area contributed by atoms with Gasteiger partial charge < -0.3 is 25.7 Å². The van der Waals surface area contributed by atoms with E-state index in [0.717, 1.165) is 0 Å². The minimum Gasteiger partial charge on any atom is -0.395 e. The third-order valence-electron chi connectivity index (χ3n) is 1.94. The van der Waals surface area contributed by atoms with E-state index in [-0.39, 0.29) is 13.2 Å². The first-order valence-corrected chi connectivity index (χ1v) is 3.55. The monoisotopic (exact) mass is 166 g/mol. The van der Waals surface area contributed by atoms with Gasteiger partial charge in [0, 0.05) is 6.54 Å². The highest BCUT2D eigenvalue weighted by atomic mass is 16.5. The Morgan fingerprint density at radius 1 is 1.18 bits per heavy atom. The Hall–Kier alpha value is -0.200. The molecule has 0 aromatic carbocycles. The zero-order valence-corrected chi connectivity index (χ0v) is 6.01. The molecule has 0 aliphatic carbocycles. The van der Waals surface area contributed by atoms with Crippen LogP contribution >= 0.6 is 0 Å². The molecule has 1 rings (SSSR count). The van der Waals surface area contributed by atoms with Crippen molar-refractivity contribution in [1.82, 2.24) is 5.32 Å². The first-order chi connectivity index (χ1) is 5.16. The van der Waals surface area contributed by atoms with E-state index in [1.165, 1.54) is 0 Å². The Bertz CT molecular complexity index is 130. The van der Waals surface area contributed by atoms with Gasteiger partial charge in [-0.2, -0.15) is 0 Å². The molecule has 5 heteroatoms. The summed E-state index contributed by atoms with van der Waals surface area (Å²) in [5.74, 6) is 0. The Kier molecular flexibility index (Phi) is 2.80. The van der Waals surface area contributed by atoms with E-state index in [9.17, 15) is 5.11 Å². The quantitative estimate of drug-likeness (QED) is 0.268. The Morgan fingerprint density at radius 2 is 1.82 bits per heavy atom. The van der Waals surface area contributed by atoms with Gasteiger partial charge in [-0.3, -0.25) is 0 Å². The second-order valence-corrected chi connectivity index (χ2v) is 2.75. The molecule has 1 heterocycles. The van der Waals surface area contributed by atoms with Crippen LogP contribution in [0.2, 0.25) is 0 Å². The van der Waals surface area contributed by atoms with E-state index in [1.54, 1.807) is 0 Å². The fourth-order valence-electron chi connectivity index (χ4n) is 1.15. The van der Waals surface area contributed by atoms with Crippen LogP contribution in [0.4, 0.5) is 0 Å². The molecule has 0 unspecified atom stereocenters. The second-order valence-electron chi connectivity index (χ2n) is 2.75. The fourth-order valence-corrected chi connectivity index (χ4v) is 1.15. The third kappa shape index (κ3) is 1.69. The summed E-state index contributed by atoms with van der Waals surface area (Å²) in [5.41, 5.74) is 0. The van der Waals surface area contributed by atoms with Crippen LogP contribution in [-0.2, 0) is 0 Å². The number of nitrogens with one attached hydrogen (secondary N) is 1. The Balaban J connectivity index is 2.52. The van der Waals surface area contributed by atoms with E-state index in [0.29, 0.717) is 0 Å². The number of aliphatic hydroxyl groups excluding tert-OH is 4. The van der Waals surface area contributed by atoms with Crippen molar-refractivity contribution in [2.75, 3.05) is 13.2 Å². The van der Waals surface area contributed by atoms with Crippen LogP contribution in [0.25, 0.3) is 0 Å². The van der Waals surface area contributed by atoms with Gasteiger partial charge in [0.1, 0.15) is 6.10 Å². The topological polar surface area (TPSA) is 93.0 Å². The van der Waals surface area contributed by atoms with E-state index >= 15 is 0 Å². The molecule has 4 atom stereocenters. The standard InChI is InChI=1S/C6H13NO4/c8-2-3-5(10)6(11)4(9)1-7-3/h3-11H,1-2H2/t3-,4-,5-,6-/m1/s1/i1+1,4+1,6+1. The van der Waals surface area contributed by atoms with Gasteiger partial charge in [0.25, 0.3) is 0 Å². The molecule has 1 aliphatic rings. The van der Waals surface area contributed by atoms with Crippen LogP contribution in [0.3, 0.4) is 0 Å². The molecule has 0 spiro atoms. The maximum Gasteiger partial charge on any atom is 0.109 e. The average molecular weight is 166 g/mol. The Morgan fingerprint density at radius 3 is 2.36 bits per heavy atom. The van der Waals surface area contributed by atoms with Gasteiger partial charge in [0.05, 0.1) is 24.9 Å². The number of rotatable bonds is 1. The van der Waals surface area contributed by atoms with E-state index in [4.69, 9.17) is 15.3 Å². The van der Waals surface area contributed by atoms with Gasteiger partial charge in [-0.25, -0.2) is 0 Å². The van der Waals surface area contributed by atoms with Crippen LogP contribution in [-0.4, -0.2) is 57.9 Å². The lowest BCUT2D eigenvalue weighted by Crippen LogP contribution is -2.60. The predicted octanol–water partition coefficient (Wildman–Crippen LogP) is -2.97. The van der Waals surface area contributed by atoms with Crippen molar-refractivity contribution in [3.8, 4) is 0 Å². The average Bonchev–Trinajstić information content (AvgIpc) is 2.01. The number of β-amino-alcohol motifs (C(OH)–C–C–N with tert-alkyl or cyclic N) is 1. The number of hydrogen-bond acceptors (Lipinski definition) is 5. The third-order valence-corrected chi connectivity index (χ3v) is 1.94. The first-order valence-electron chi connectivity index (χ1n) is 3.55. The number of aliphatic hydroxyl groups is 4. The van der Waals surface area contributed by atoms with Gasteiger partial charge in [0.15, 0.2) is 0 Å². The molecule has 5 nitrogen and oxygen atoms in total. The summed E-state index contributed by atoms with van der Waals surface area (Å²) in [6, 6.07) is -0.534. The van der Waals surface area contributed by atoms with Crippen molar-refractivity contribution >= 4 is 0 Å². The minimum absolute atomic E-state index is 0.198. The number of piperidine rings is 1. The summed E-state index contributed by atoms with van der Waals surface area (Å²) >= 11 is 0. The number of hydrogen-bond donors (Lipinski definition) is 5. The fraction of sp³-hybridized carbons (Fsp3) is 1.00. The molecule has 66 valence electrons. The molecule has 11 heavy (non-hydrogen) atoms. The minimum atomic E-state index is -1.16. The van der Waals surface area contributed by atoms with Crippen LogP contribution in [0.1, 0.15) is 0 Å². The van der Waals surface area contributed by atoms with E-state index in [1.807, 2.05) is 0 Å². The molecule has 0 aromatic rings. The van der Waals surface area contributed by atoms with Gasteiger partial charge in [-0.1, -0.05) is 0 Å². The molecular formula is C6H13NO4. The molecule has 0 aromatic heterocycles. The van der Waals surface area contributed by atoms with Crippen LogP contribution in [0.5, 0.6) is 0 Å². The predicted molar refractivity (Wildman–Crippen MR) is 36.9 cm³/mol. The molecule has 1 aliphatic heterocycles. The lowest BCUT2D eigenvalue weighted by Gasteiger charge is -2.34. The highest BCUT2D eigenvalue weighted by Crippen LogP contribution is 2.09. The summed E-state index contributed by atoms with van der Waals surface area (Å²) in [5, 5.41) is 38.6. The highest BCUT2D eigenvalue weighted by molar-refractivity contribution is 4.91. The van der Waals surface area contributed by atoms with Crippen molar-refractivity contribution in [3.05, 3.63) is 0 Å². The summed E-state index contributed by atoms with van der Waals surface area (Å²) in [7, 11) is 0. The zero-order valence-electron chi connectivity index (χ0n) is 6.01. The van der Waals surface area contributed by atoms with Crippen molar-refractivity contribution in [2.45, 2.75) is 24.4 Å². The lowest BCUT2D eigenvalue weighted by atomic mass is 10.2. The van der Waals surface area contributed by atoms with Crippen LogP contribution < -0.4 is 5.32 Å². The van der Waals surface area contributed by atoms with E-state index < -0.39 is 24.4 Å². The molecular weight excluding hydrogens is 153 g/mol. The smallest absolute Gasteiger partial charge is 0.109 e. The summed E-state index contributed by atoms with van der Waals surface area (Å²) < 4.78 is 0. The molecule has 0 bridgehead atoms. The maximum atomic E-state index is 9.18. The van der Waals surface area contributed by atoms with E-state index in [2.05, 4.69) is 5.32 Å². The second kappa shape index (κ2) is 3.46. The van der Waals surface area contributed by atoms with Crippen LogP contribution in [0.15, 0.2) is 0 Å². The maximum absolute atomic E-state index is 9.18. The largest absolute Gasteiger partial charge is 0.395 e. The van der Waals surface area contributed by atoms with Crippen LogP contribution in [0, 0.1) is 0 Å². The summed E-state index contributed by atoms with van der Waals surface area (Å²) in [6.07, 6.45) is -3.20. The van der Waals surface area contributed by atoms with Crippen molar-refractivity contribution in [3.63, 3.8) is 0 Å². The van der Waals surface area contributed by atoms with Crippen molar-refractivity contribution in [2.24, 2.45) is 0 Å². The SMILES string of the molecule is OC[C@H]1N[13CH2][13C@@H](O)[13C@@H](O)[C@@H]1O. The van der Waals surface area contributed by atoms with Crippen molar-refractivity contribution in [1.29, 1.82) is 0 Å². The van der Waals surface area contributed by atoms with Crippen molar-refractivity contribution < 1.29 is 20.4 Å². The van der Waals surface area contributed by atoms with Gasteiger partial charge >= 0.3 is 0 Å². The van der Waals surface area contributed by atoms with Gasteiger partial charge in [0.2, 0.25) is 0 Å². The summed E-state index contributed by atoms with van der Waals surface area (Å²) in [6.45, 7) is -0.0472. The molecule has 1 fully saturated rings. The first kappa shape index (κ1) is 8.89. The zero-order chi connectivity index (χ0) is 8.43. The normalized spacial score (nSPS) is 45.8. The molecule has 5 N–H and O–H groups in total. The molecule has 1 saturated heterocycles. The molecule has 0 radical (unpaired) electrons. The highest BCUT2D eigenvalue weighted by Gasteiger charge is 2.35. The molecule has 0 amide bonds. The van der Waals surface area contributed by atoms with Gasteiger partial charge in [-0.15, -0.1) is 0 Å². The molecule has 0 saturated carbocycles. The Labute approximate surface area is 64.3 Å². The van der Waals surface area contributed by atoms with Gasteiger partial charge in [-0.05, 0) is 0 Å². The summed E-state index contributed by atoms with van der Waals surface area (Å²) in [4.78, 5) is 0. The lowest BCUT2D eigenvalue weighted by molar-refractivity contribution is -0.101.